The fourth-order valence-electron chi connectivity index (χ4n) is 3.11. The minimum absolute atomic E-state index is 0.000172. The zero-order valence-corrected chi connectivity index (χ0v) is 16.2. The Kier molecular flexibility index (Phi) is 4.95. The quantitative estimate of drug-likeness (QED) is 0.831. The summed E-state index contributed by atoms with van der Waals surface area (Å²) in [6.45, 7) is 6.40. The molecule has 0 aromatic heterocycles. The molecule has 1 aliphatic rings. The Bertz CT molecular complexity index is 848. The van der Waals surface area contributed by atoms with Gasteiger partial charge in [-0.3, -0.25) is 9.59 Å². The van der Waals surface area contributed by atoms with Gasteiger partial charge in [-0.1, -0.05) is 34.1 Å². The first-order valence-electron chi connectivity index (χ1n) is 8.30. The van der Waals surface area contributed by atoms with Crippen molar-refractivity contribution in [3.8, 4) is 0 Å². The average molecular weight is 401 g/mol. The number of nitrogens with one attached hydrogen (secondary N) is 1. The molecule has 25 heavy (non-hydrogen) atoms. The number of rotatable bonds is 3. The standard InChI is InChI=1S/C20H21BrN2O2/c1-12-5-4-6-18(14(12)3)23-11-15(9-19(23)24)20(25)22-17-10-16(21)8-7-13(17)2/h4-8,10,15H,9,11H2,1-3H3,(H,22,25). The number of nitrogens with zero attached hydrogens (tertiary/aromatic N) is 1. The van der Waals surface area contributed by atoms with Gasteiger partial charge in [-0.05, 0) is 55.7 Å². The number of hydrogen-bond acceptors (Lipinski definition) is 2. The van der Waals surface area contributed by atoms with E-state index in [0.717, 1.165) is 32.5 Å². The smallest absolute Gasteiger partial charge is 0.229 e. The van der Waals surface area contributed by atoms with Gasteiger partial charge in [0.2, 0.25) is 11.8 Å². The van der Waals surface area contributed by atoms with Crippen LogP contribution >= 0.6 is 15.9 Å². The van der Waals surface area contributed by atoms with Crippen LogP contribution in [0.3, 0.4) is 0 Å². The van der Waals surface area contributed by atoms with Crippen LogP contribution in [0.15, 0.2) is 40.9 Å². The summed E-state index contributed by atoms with van der Waals surface area (Å²) in [4.78, 5) is 26.8. The molecule has 0 saturated carbocycles. The Morgan fingerprint density at radius 3 is 2.68 bits per heavy atom. The van der Waals surface area contributed by atoms with Crippen molar-refractivity contribution in [1.29, 1.82) is 0 Å². The molecule has 1 N–H and O–H groups in total. The molecule has 1 unspecified atom stereocenters. The average Bonchev–Trinajstić information content (AvgIpc) is 2.95. The lowest BCUT2D eigenvalue weighted by molar-refractivity contribution is -0.122. The van der Waals surface area contributed by atoms with Gasteiger partial charge in [0.25, 0.3) is 0 Å². The van der Waals surface area contributed by atoms with Crippen LogP contribution in [0.2, 0.25) is 0 Å². The summed E-state index contributed by atoms with van der Waals surface area (Å²) < 4.78 is 0.910. The summed E-state index contributed by atoms with van der Waals surface area (Å²) in [5, 5.41) is 2.96. The first-order valence-corrected chi connectivity index (χ1v) is 9.09. The second-order valence-corrected chi connectivity index (χ2v) is 7.49. The molecule has 2 aromatic rings. The van der Waals surface area contributed by atoms with E-state index >= 15 is 0 Å². The van der Waals surface area contributed by atoms with Crippen molar-refractivity contribution in [3.05, 3.63) is 57.6 Å². The van der Waals surface area contributed by atoms with Gasteiger partial charge in [-0.2, -0.15) is 0 Å². The maximum Gasteiger partial charge on any atom is 0.229 e. The number of anilines is 2. The van der Waals surface area contributed by atoms with Crippen LogP contribution in [0.1, 0.15) is 23.1 Å². The molecule has 1 heterocycles. The third kappa shape index (κ3) is 3.61. The molecular weight excluding hydrogens is 380 g/mol. The predicted octanol–water partition coefficient (Wildman–Crippen LogP) is 4.37. The summed E-state index contributed by atoms with van der Waals surface area (Å²) in [6, 6.07) is 11.7. The Hall–Kier alpha value is -2.14. The molecule has 0 aliphatic carbocycles. The number of benzene rings is 2. The highest BCUT2D eigenvalue weighted by atomic mass is 79.9. The number of halogens is 1. The number of aryl methyl sites for hydroxylation is 2. The van der Waals surface area contributed by atoms with Crippen molar-refractivity contribution < 1.29 is 9.59 Å². The van der Waals surface area contributed by atoms with E-state index in [2.05, 4.69) is 21.2 Å². The molecule has 2 amide bonds. The number of hydrogen-bond donors (Lipinski definition) is 1. The van der Waals surface area contributed by atoms with Crippen molar-refractivity contribution in [2.24, 2.45) is 5.92 Å². The Morgan fingerprint density at radius 1 is 1.16 bits per heavy atom. The number of carbonyl (C=O) groups is 2. The molecule has 0 radical (unpaired) electrons. The lowest BCUT2D eigenvalue weighted by Crippen LogP contribution is -2.28. The number of carbonyl (C=O) groups excluding carboxylic acids is 2. The molecule has 1 atom stereocenters. The van der Waals surface area contributed by atoms with Gasteiger partial charge in [-0.25, -0.2) is 0 Å². The zero-order chi connectivity index (χ0) is 18.1. The number of amides is 2. The van der Waals surface area contributed by atoms with E-state index in [1.807, 2.05) is 57.2 Å². The van der Waals surface area contributed by atoms with Crippen LogP contribution < -0.4 is 10.2 Å². The summed E-state index contributed by atoms with van der Waals surface area (Å²) in [5.74, 6) is -0.451. The highest BCUT2D eigenvalue weighted by molar-refractivity contribution is 9.10. The molecule has 0 bridgehead atoms. The minimum atomic E-state index is -0.342. The largest absolute Gasteiger partial charge is 0.325 e. The van der Waals surface area contributed by atoms with Crippen molar-refractivity contribution in [2.75, 3.05) is 16.8 Å². The molecule has 1 fully saturated rings. The van der Waals surface area contributed by atoms with E-state index in [0.29, 0.717) is 6.54 Å². The van der Waals surface area contributed by atoms with Gasteiger partial charge in [-0.15, -0.1) is 0 Å². The van der Waals surface area contributed by atoms with Gasteiger partial charge in [0.1, 0.15) is 0 Å². The molecule has 0 spiro atoms. The van der Waals surface area contributed by atoms with Crippen LogP contribution in [0.25, 0.3) is 0 Å². The van der Waals surface area contributed by atoms with Crippen LogP contribution in [0.5, 0.6) is 0 Å². The monoisotopic (exact) mass is 400 g/mol. The van der Waals surface area contributed by atoms with E-state index in [1.54, 1.807) is 4.90 Å². The first-order chi connectivity index (χ1) is 11.9. The van der Waals surface area contributed by atoms with Crippen LogP contribution in [-0.4, -0.2) is 18.4 Å². The van der Waals surface area contributed by atoms with Crippen LogP contribution in [0.4, 0.5) is 11.4 Å². The van der Waals surface area contributed by atoms with E-state index in [1.165, 1.54) is 0 Å². The molecule has 5 heteroatoms. The Balaban J connectivity index is 1.77. The zero-order valence-electron chi connectivity index (χ0n) is 14.6. The maximum atomic E-state index is 12.6. The van der Waals surface area contributed by atoms with E-state index in [-0.39, 0.29) is 24.2 Å². The molecule has 2 aromatic carbocycles. The second kappa shape index (κ2) is 7.00. The van der Waals surface area contributed by atoms with Gasteiger partial charge < -0.3 is 10.2 Å². The fourth-order valence-corrected chi connectivity index (χ4v) is 3.47. The van der Waals surface area contributed by atoms with E-state index < -0.39 is 0 Å². The highest BCUT2D eigenvalue weighted by Crippen LogP contribution is 2.30. The lowest BCUT2D eigenvalue weighted by atomic mass is 10.1. The SMILES string of the molecule is Cc1ccc(Br)cc1NC(=O)C1CC(=O)N(c2cccc(C)c2C)C1. The lowest BCUT2D eigenvalue weighted by Gasteiger charge is -2.20. The maximum absolute atomic E-state index is 12.6. The van der Waals surface area contributed by atoms with Crippen molar-refractivity contribution >= 4 is 39.1 Å². The molecular formula is C20H21BrN2O2. The van der Waals surface area contributed by atoms with Crippen molar-refractivity contribution in [1.82, 2.24) is 0 Å². The van der Waals surface area contributed by atoms with E-state index in [9.17, 15) is 9.59 Å². The molecule has 3 rings (SSSR count). The molecule has 1 saturated heterocycles. The highest BCUT2D eigenvalue weighted by Gasteiger charge is 2.35. The van der Waals surface area contributed by atoms with E-state index in [4.69, 9.17) is 0 Å². The summed E-state index contributed by atoms with van der Waals surface area (Å²) in [7, 11) is 0. The Morgan fingerprint density at radius 2 is 1.92 bits per heavy atom. The van der Waals surface area contributed by atoms with Crippen molar-refractivity contribution in [3.63, 3.8) is 0 Å². The van der Waals surface area contributed by atoms with Crippen LogP contribution in [-0.2, 0) is 9.59 Å². The molecule has 4 nitrogen and oxygen atoms in total. The molecule has 1 aliphatic heterocycles. The molecule has 130 valence electrons. The van der Waals surface area contributed by atoms with Crippen LogP contribution in [0, 0.1) is 26.7 Å². The fraction of sp³-hybridized carbons (Fsp3) is 0.300. The van der Waals surface area contributed by atoms with Crippen molar-refractivity contribution in [2.45, 2.75) is 27.2 Å². The van der Waals surface area contributed by atoms with Gasteiger partial charge >= 0.3 is 0 Å². The third-order valence-electron chi connectivity index (χ3n) is 4.82. The topological polar surface area (TPSA) is 49.4 Å². The predicted molar refractivity (Wildman–Crippen MR) is 104 cm³/mol. The second-order valence-electron chi connectivity index (χ2n) is 6.57. The minimum Gasteiger partial charge on any atom is -0.325 e. The third-order valence-corrected chi connectivity index (χ3v) is 5.31. The van der Waals surface area contributed by atoms with Gasteiger partial charge in [0.05, 0.1) is 5.92 Å². The Labute approximate surface area is 156 Å². The summed E-state index contributed by atoms with van der Waals surface area (Å²) in [5.41, 5.74) is 4.89. The normalized spacial score (nSPS) is 17.0. The van der Waals surface area contributed by atoms with Gasteiger partial charge in [0, 0.05) is 28.8 Å². The van der Waals surface area contributed by atoms with Gasteiger partial charge in [0.15, 0.2) is 0 Å². The first kappa shape index (κ1) is 17.7. The summed E-state index contributed by atoms with van der Waals surface area (Å²) in [6.07, 6.45) is 0.242. The summed E-state index contributed by atoms with van der Waals surface area (Å²) >= 11 is 3.42.